The molecule has 0 radical (unpaired) electrons. The molecular formula is C16H16S4. The molecule has 20 heavy (non-hydrogen) atoms. The summed E-state index contributed by atoms with van der Waals surface area (Å²) in [5.41, 5.74) is 0. The fraction of sp³-hybridized carbons (Fsp3) is 0.250. The summed E-state index contributed by atoms with van der Waals surface area (Å²) >= 11 is 7.80. The van der Waals surface area contributed by atoms with Crippen molar-refractivity contribution in [2.75, 3.05) is 23.0 Å². The highest BCUT2D eigenvalue weighted by molar-refractivity contribution is 8.03. The van der Waals surface area contributed by atoms with Gasteiger partial charge in [-0.15, -0.1) is 47.0 Å². The molecule has 0 spiro atoms. The van der Waals surface area contributed by atoms with Crippen LogP contribution in [0.1, 0.15) is 0 Å². The van der Waals surface area contributed by atoms with Crippen molar-refractivity contribution in [2.24, 2.45) is 0 Å². The lowest BCUT2D eigenvalue weighted by Crippen LogP contribution is -1.87. The van der Waals surface area contributed by atoms with E-state index in [0.29, 0.717) is 0 Å². The molecule has 0 nitrogen and oxygen atoms in total. The van der Waals surface area contributed by atoms with Crippen LogP contribution in [0.5, 0.6) is 0 Å². The van der Waals surface area contributed by atoms with Crippen molar-refractivity contribution < 1.29 is 0 Å². The van der Waals surface area contributed by atoms with Crippen molar-refractivity contribution in [2.45, 2.75) is 19.6 Å². The van der Waals surface area contributed by atoms with Crippen LogP contribution in [-0.4, -0.2) is 23.0 Å². The van der Waals surface area contributed by atoms with Gasteiger partial charge in [0.1, 0.15) is 0 Å². The molecule has 0 atom stereocenters. The van der Waals surface area contributed by atoms with E-state index >= 15 is 0 Å². The van der Waals surface area contributed by atoms with Crippen LogP contribution < -0.4 is 0 Å². The van der Waals surface area contributed by atoms with Gasteiger partial charge in [0.2, 0.25) is 0 Å². The van der Waals surface area contributed by atoms with Gasteiger partial charge < -0.3 is 0 Å². The molecule has 0 fully saturated rings. The monoisotopic (exact) mass is 336 g/mol. The van der Waals surface area contributed by atoms with Gasteiger partial charge >= 0.3 is 0 Å². The maximum atomic E-state index is 2.25. The van der Waals surface area contributed by atoms with Gasteiger partial charge in [0.05, 0.1) is 0 Å². The smallest absolute Gasteiger partial charge is 0.00745 e. The molecule has 104 valence electrons. The maximum absolute atomic E-state index is 2.25. The third-order valence-corrected chi connectivity index (χ3v) is 7.46. The zero-order valence-corrected chi connectivity index (χ0v) is 14.3. The molecule has 4 aliphatic rings. The summed E-state index contributed by atoms with van der Waals surface area (Å²) in [4.78, 5) is 5.53. The molecule has 0 N–H and O–H groups in total. The minimum atomic E-state index is 1.16. The van der Waals surface area contributed by atoms with E-state index in [1.165, 1.54) is 19.6 Å². The number of rotatable bonds is 0. The summed E-state index contributed by atoms with van der Waals surface area (Å²) in [5.74, 6) is 4.64. The average molecular weight is 337 g/mol. The molecule has 4 heteroatoms. The molecule has 4 heterocycles. The summed E-state index contributed by atoms with van der Waals surface area (Å²) in [5, 5.41) is 0. The summed E-state index contributed by atoms with van der Waals surface area (Å²) in [6.07, 6.45) is 0. The first-order valence-corrected chi connectivity index (χ1v) is 10.6. The second-order valence-corrected chi connectivity index (χ2v) is 9.01. The Bertz CT molecular complexity index is 432. The second-order valence-electron chi connectivity index (χ2n) is 4.34. The van der Waals surface area contributed by atoms with Crippen molar-refractivity contribution in [1.82, 2.24) is 0 Å². The Hall–Kier alpha value is -0.160. The largest absolute Gasteiger partial charge is 0.125 e. The van der Waals surface area contributed by atoms with E-state index in [1.807, 2.05) is 47.0 Å². The van der Waals surface area contributed by atoms with Crippen molar-refractivity contribution in [1.29, 1.82) is 0 Å². The highest BCUT2D eigenvalue weighted by atomic mass is 32.2. The molecule has 2 aromatic carbocycles. The van der Waals surface area contributed by atoms with E-state index in [0.717, 1.165) is 23.0 Å². The van der Waals surface area contributed by atoms with E-state index in [-0.39, 0.29) is 0 Å². The van der Waals surface area contributed by atoms with Gasteiger partial charge in [0.15, 0.2) is 0 Å². The van der Waals surface area contributed by atoms with E-state index < -0.39 is 0 Å². The predicted molar refractivity (Wildman–Crippen MR) is 95.8 cm³/mol. The Balaban J connectivity index is 1.71. The van der Waals surface area contributed by atoms with Crippen molar-refractivity contribution in [3.05, 3.63) is 48.5 Å². The van der Waals surface area contributed by atoms with E-state index in [4.69, 9.17) is 0 Å². The van der Waals surface area contributed by atoms with E-state index in [1.54, 1.807) is 0 Å². The first kappa shape index (κ1) is 14.8. The minimum Gasteiger partial charge on any atom is -0.125 e. The number of hydrogen-bond acceptors (Lipinski definition) is 4. The standard InChI is InChI=1S/C16H16S4/c1-2-14-4-3-13(1)17-9-10-19-15-5-7-16(8-6-15)20-12-11-18-14/h1-8H,9-12H2. The van der Waals surface area contributed by atoms with Crippen LogP contribution in [0.2, 0.25) is 0 Å². The van der Waals surface area contributed by atoms with Crippen LogP contribution in [0.15, 0.2) is 68.1 Å². The fourth-order valence-corrected chi connectivity index (χ4v) is 5.49. The molecule has 2 aromatic rings. The minimum absolute atomic E-state index is 1.16. The highest BCUT2D eigenvalue weighted by Gasteiger charge is 2.01. The molecule has 6 rings (SSSR count). The Labute approximate surface area is 137 Å². The van der Waals surface area contributed by atoms with Gasteiger partial charge in [-0.1, -0.05) is 0 Å². The van der Waals surface area contributed by atoms with Gasteiger partial charge in [0, 0.05) is 42.6 Å². The molecule has 0 aliphatic carbocycles. The Morgan fingerprint density at radius 1 is 0.400 bits per heavy atom. The van der Waals surface area contributed by atoms with Gasteiger partial charge in [-0.25, -0.2) is 0 Å². The summed E-state index contributed by atoms with van der Waals surface area (Å²) in [6.45, 7) is 0. The lowest BCUT2D eigenvalue weighted by Gasteiger charge is -2.07. The Morgan fingerprint density at radius 2 is 0.600 bits per heavy atom. The zero-order valence-electron chi connectivity index (χ0n) is 11.1. The summed E-state index contributed by atoms with van der Waals surface area (Å²) in [7, 11) is 0. The molecule has 4 bridgehead atoms. The Kier molecular flexibility index (Phi) is 5.71. The number of hydrogen-bond donors (Lipinski definition) is 0. The second kappa shape index (κ2) is 7.74. The number of thioether (sulfide) groups is 4. The molecule has 0 saturated heterocycles. The molecule has 0 amide bonds. The topological polar surface area (TPSA) is 0 Å². The lowest BCUT2D eigenvalue weighted by atomic mass is 10.4. The molecule has 0 saturated carbocycles. The zero-order chi connectivity index (χ0) is 13.6. The normalized spacial score (nSPS) is 16.4. The van der Waals surface area contributed by atoms with Gasteiger partial charge in [-0.3, -0.25) is 0 Å². The van der Waals surface area contributed by atoms with Crippen LogP contribution in [0.4, 0.5) is 0 Å². The Morgan fingerprint density at radius 3 is 0.800 bits per heavy atom. The SMILES string of the molecule is c1cc2ccc1SCCSc1ccc(cc1)SCCS2. The summed E-state index contributed by atoms with van der Waals surface area (Å²) in [6, 6.07) is 18.0. The maximum Gasteiger partial charge on any atom is 0.00745 e. The van der Waals surface area contributed by atoms with Crippen molar-refractivity contribution >= 4 is 47.0 Å². The first-order chi connectivity index (χ1) is 9.90. The first-order valence-electron chi connectivity index (χ1n) is 6.61. The van der Waals surface area contributed by atoms with Gasteiger partial charge in [-0.05, 0) is 48.5 Å². The van der Waals surface area contributed by atoms with Crippen LogP contribution in [-0.2, 0) is 0 Å². The van der Waals surface area contributed by atoms with Crippen LogP contribution >= 0.6 is 47.0 Å². The van der Waals surface area contributed by atoms with Crippen molar-refractivity contribution in [3.63, 3.8) is 0 Å². The molecule has 0 aromatic heterocycles. The van der Waals surface area contributed by atoms with Gasteiger partial charge in [-0.2, -0.15) is 0 Å². The predicted octanol–water partition coefficient (Wildman–Crippen LogP) is 5.77. The lowest BCUT2D eigenvalue weighted by molar-refractivity contribution is 1.32. The molecule has 0 unspecified atom stereocenters. The third kappa shape index (κ3) is 4.42. The van der Waals surface area contributed by atoms with E-state index in [9.17, 15) is 0 Å². The molecule has 4 aliphatic heterocycles. The third-order valence-electron chi connectivity index (χ3n) is 2.89. The number of benzene rings is 2. The summed E-state index contributed by atoms with van der Waals surface area (Å²) < 4.78 is 0. The van der Waals surface area contributed by atoms with Crippen LogP contribution in [0.25, 0.3) is 0 Å². The van der Waals surface area contributed by atoms with Gasteiger partial charge in [0.25, 0.3) is 0 Å². The van der Waals surface area contributed by atoms with E-state index in [2.05, 4.69) is 48.5 Å². The average Bonchev–Trinajstić information content (AvgIpc) is 2.49. The quantitative estimate of drug-likeness (QED) is 0.598. The van der Waals surface area contributed by atoms with Crippen LogP contribution in [0, 0.1) is 0 Å². The fourth-order valence-electron chi connectivity index (χ4n) is 1.90. The van der Waals surface area contributed by atoms with Crippen molar-refractivity contribution in [3.8, 4) is 0 Å². The highest BCUT2D eigenvalue weighted by Crippen LogP contribution is 2.29. The van der Waals surface area contributed by atoms with Crippen LogP contribution in [0.3, 0.4) is 0 Å². The molecular weight excluding hydrogens is 320 g/mol.